The van der Waals surface area contributed by atoms with Gasteiger partial charge < -0.3 is 11.5 Å². The number of fused-ring (bicyclic) bond motifs is 1. The predicted octanol–water partition coefficient (Wildman–Crippen LogP) is 5.23. The van der Waals surface area contributed by atoms with Crippen molar-refractivity contribution >= 4 is 44.9 Å². The molecule has 210 valence electrons. The second kappa shape index (κ2) is 12.8. The van der Waals surface area contributed by atoms with Crippen molar-refractivity contribution in [3.05, 3.63) is 83.4 Å². The molecule has 4 rings (SSSR count). The Kier molecular flexibility index (Phi) is 9.23. The molecule has 0 saturated carbocycles. The molecule has 0 aromatic heterocycles. The Morgan fingerprint density at radius 1 is 1.00 bits per heavy atom. The molecule has 5 N–H and O–H groups in total. The first kappa shape index (κ1) is 28.8. The molecule has 1 amide bonds. The number of rotatable bonds is 11. The number of amidine groups is 1. The van der Waals surface area contributed by atoms with Crippen LogP contribution in [-0.2, 0) is 26.3 Å². The van der Waals surface area contributed by atoms with Gasteiger partial charge >= 0.3 is 0 Å². The molecular formula is C30H35N5O4S. The minimum atomic E-state index is -3.40. The summed E-state index contributed by atoms with van der Waals surface area (Å²) in [6.45, 7) is 4.45. The highest BCUT2D eigenvalue weighted by atomic mass is 32.2. The molecule has 0 radical (unpaired) electrons. The van der Waals surface area contributed by atoms with Crippen molar-refractivity contribution in [3.8, 4) is 11.1 Å². The molecule has 1 aliphatic rings. The number of nitrogen functional groups attached to an aromatic ring is 1. The van der Waals surface area contributed by atoms with Gasteiger partial charge in [0.25, 0.3) is 5.91 Å². The summed E-state index contributed by atoms with van der Waals surface area (Å²) in [7, 11) is -3.40. The number of carbonyl (C=O) groups is 1. The van der Waals surface area contributed by atoms with Gasteiger partial charge in [0, 0.05) is 35.5 Å². The maximum absolute atomic E-state index is 13.5. The lowest BCUT2D eigenvalue weighted by atomic mass is 10.0. The van der Waals surface area contributed by atoms with Crippen molar-refractivity contribution in [2.75, 3.05) is 22.8 Å². The Bertz CT molecular complexity index is 1530. The number of nitrogens with zero attached hydrogens (tertiary/aromatic N) is 2. The second-order valence-corrected chi connectivity index (χ2v) is 11.5. The Morgan fingerprint density at radius 2 is 1.75 bits per heavy atom. The first-order chi connectivity index (χ1) is 19.2. The molecule has 40 heavy (non-hydrogen) atoms. The van der Waals surface area contributed by atoms with Gasteiger partial charge in [-0.2, -0.15) is 0 Å². The van der Waals surface area contributed by atoms with E-state index < -0.39 is 10.0 Å². The third-order valence-electron chi connectivity index (χ3n) is 6.23. The number of hydroxylamine groups is 2. The van der Waals surface area contributed by atoms with E-state index in [1.165, 1.54) is 5.06 Å². The predicted molar refractivity (Wildman–Crippen MR) is 161 cm³/mol. The average Bonchev–Trinajstić information content (AvgIpc) is 3.08. The highest BCUT2D eigenvalue weighted by Crippen LogP contribution is 2.33. The van der Waals surface area contributed by atoms with Crippen LogP contribution in [0.4, 0.5) is 17.1 Å². The largest absolute Gasteiger partial charge is 0.399 e. The van der Waals surface area contributed by atoms with Gasteiger partial charge in [0.05, 0.1) is 11.4 Å². The van der Waals surface area contributed by atoms with Crippen LogP contribution in [0.3, 0.4) is 0 Å². The molecular weight excluding hydrogens is 526 g/mol. The van der Waals surface area contributed by atoms with Crippen LogP contribution in [0, 0.1) is 0 Å². The van der Waals surface area contributed by atoms with Crippen LogP contribution < -0.4 is 16.2 Å². The highest BCUT2D eigenvalue weighted by molar-refractivity contribution is 7.92. The van der Waals surface area contributed by atoms with Gasteiger partial charge in [-0.25, -0.2) is 18.5 Å². The first-order valence-electron chi connectivity index (χ1n) is 13.2. The number of carbonyl (C=O) groups excluding carboxylic acids is 1. The molecule has 3 aromatic rings. The zero-order chi connectivity index (χ0) is 28.7. The van der Waals surface area contributed by atoms with Crippen LogP contribution in [0.2, 0.25) is 0 Å². The van der Waals surface area contributed by atoms with E-state index in [1.54, 1.807) is 36.4 Å². The summed E-state index contributed by atoms with van der Waals surface area (Å²) in [4.78, 5) is 24.0. The summed E-state index contributed by atoms with van der Waals surface area (Å²) in [6, 6.07) is 20.2. The standard InChI is InChI=1S/C30H35N5O4S/c1-3-14-35(39-20-21-8-12-26(31)13-9-21)30(36)25-16-24-11-10-23(18-28(24)33-29(32)19-25)22-6-5-7-27(17-22)34-40(37,38)15-4-2/h5-13,16-18,34H,3-4,14-15,19-20,31H2,1-2H3,(H2,32,33). The zero-order valence-electron chi connectivity index (χ0n) is 22.8. The van der Waals surface area contributed by atoms with Crippen LogP contribution in [-0.4, -0.2) is 37.5 Å². The van der Waals surface area contributed by atoms with Crippen LogP contribution >= 0.6 is 0 Å². The third-order valence-corrected chi connectivity index (χ3v) is 7.73. The van der Waals surface area contributed by atoms with E-state index in [4.69, 9.17) is 16.3 Å². The normalized spacial score (nSPS) is 13.1. The summed E-state index contributed by atoms with van der Waals surface area (Å²) in [6.07, 6.45) is 3.23. The second-order valence-electron chi connectivity index (χ2n) is 9.65. The van der Waals surface area contributed by atoms with E-state index in [0.29, 0.717) is 41.4 Å². The lowest BCUT2D eigenvalue weighted by molar-refractivity contribution is -0.187. The minimum absolute atomic E-state index is 0.0551. The number of sulfonamides is 1. The lowest BCUT2D eigenvalue weighted by Gasteiger charge is -2.22. The van der Waals surface area contributed by atoms with Gasteiger partial charge in [0.2, 0.25) is 10.0 Å². The van der Waals surface area contributed by atoms with E-state index in [1.807, 2.05) is 50.2 Å². The van der Waals surface area contributed by atoms with Crippen molar-refractivity contribution < 1.29 is 18.0 Å². The van der Waals surface area contributed by atoms with Crippen molar-refractivity contribution in [1.82, 2.24) is 5.06 Å². The number of anilines is 2. The van der Waals surface area contributed by atoms with Crippen LogP contribution in [0.15, 0.2) is 77.3 Å². The Morgan fingerprint density at radius 3 is 2.48 bits per heavy atom. The third kappa shape index (κ3) is 7.49. The number of aliphatic imine (C=N–C) groups is 1. The molecule has 0 unspecified atom stereocenters. The van der Waals surface area contributed by atoms with Crippen molar-refractivity contribution in [1.29, 1.82) is 0 Å². The van der Waals surface area contributed by atoms with Crippen molar-refractivity contribution in [2.45, 2.75) is 39.7 Å². The smallest absolute Gasteiger partial charge is 0.273 e. The molecule has 0 atom stereocenters. The SMILES string of the molecule is CCCN(OCc1ccc(N)cc1)C(=O)C1=Cc2ccc(-c3cccc(NS(=O)(=O)CCC)c3)cc2N=C(N)C1. The van der Waals surface area contributed by atoms with E-state index in [-0.39, 0.29) is 24.7 Å². The number of nitrogens with one attached hydrogen (secondary N) is 1. The number of nitrogens with two attached hydrogens (primary N) is 2. The van der Waals surface area contributed by atoms with E-state index in [9.17, 15) is 13.2 Å². The summed E-state index contributed by atoms with van der Waals surface area (Å²) < 4.78 is 27.1. The van der Waals surface area contributed by atoms with E-state index in [0.717, 1.165) is 28.7 Å². The number of hydrogen-bond donors (Lipinski definition) is 3. The highest BCUT2D eigenvalue weighted by Gasteiger charge is 2.22. The Hall–Kier alpha value is -4.15. The molecule has 0 fully saturated rings. The van der Waals surface area contributed by atoms with Crippen LogP contribution in [0.1, 0.15) is 44.2 Å². The lowest BCUT2D eigenvalue weighted by Crippen LogP contribution is -2.34. The molecule has 10 heteroatoms. The topological polar surface area (TPSA) is 140 Å². The summed E-state index contributed by atoms with van der Waals surface area (Å²) >= 11 is 0. The summed E-state index contributed by atoms with van der Waals surface area (Å²) in [5.41, 5.74) is 17.6. The van der Waals surface area contributed by atoms with Gasteiger partial charge in [-0.3, -0.25) is 14.4 Å². The molecule has 0 bridgehead atoms. The number of benzene rings is 3. The fourth-order valence-corrected chi connectivity index (χ4v) is 5.45. The zero-order valence-corrected chi connectivity index (χ0v) is 23.6. The van der Waals surface area contributed by atoms with Gasteiger partial charge in [0.15, 0.2) is 0 Å². The molecule has 1 heterocycles. The maximum Gasteiger partial charge on any atom is 0.273 e. The van der Waals surface area contributed by atoms with Crippen LogP contribution in [0.25, 0.3) is 17.2 Å². The van der Waals surface area contributed by atoms with Crippen molar-refractivity contribution in [2.24, 2.45) is 10.7 Å². The Balaban J connectivity index is 1.57. The molecule has 1 aliphatic heterocycles. The van der Waals surface area contributed by atoms with E-state index >= 15 is 0 Å². The molecule has 0 spiro atoms. The van der Waals surface area contributed by atoms with Crippen molar-refractivity contribution in [3.63, 3.8) is 0 Å². The summed E-state index contributed by atoms with van der Waals surface area (Å²) in [5.74, 6) is 0.102. The monoisotopic (exact) mass is 561 g/mol. The van der Waals surface area contributed by atoms with Gasteiger partial charge in [-0.05, 0) is 65.9 Å². The molecule has 0 aliphatic carbocycles. The Labute approximate surface area is 235 Å². The first-order valence-corrected chi connectivity index (χ1v) is 14.9. The molecule has 0 saturated heterocycles. The van der Waals surface area contributed by atoms with Gasteiger partial charge in [0.1, 0.15) is 12.4 Å². The average molecular weight is 562 g/mol. The van der Waals surface area contributed by atoms with Gasteiger partial charge in [-0.15, -0.1) is 0 Å². The minimum Gasteiger partial charge on any atom is -0.399 e. The van der Waals surface area contributed by atoms with E-state index in [2.05, 4.69) is 9.71 Å². The van der Waals surface area contributed by atoms with Crippen LogP contribution in [0.5, 0.6) is 0 Å². The van der Waals surface area contributed by atoms with Gasteiger partial charge in [-0.1, -0.05) is 50.2 Å². The number of hydrogen-bond acceptors (Lipinski definition) is 7. The number of amides is 1. The maximum atomic E-state index is 13.5. The fraction of sp³-hybridized carbons (Fsp3) is 0.267. The summed E-state index contributed by atoms with van der Waals surface area (Å²) in [5, 5.41) is 1.37. The quantitative estimate of drug-likeness (QED) is 0.216. The molecule has 9 nitrogen and oxygen atoms in total. The fourth-order valence-electron chi connectivity index (χ4n) is 4.32. The molecule has 3 aromatic carbocycles.